The van der Waals surface area contributed by atoms with Crippen LogP contribution in [0.4, 0.5) is 0 Å². The molecule has 0 aromatic rings. The molecule has 20 heavy (non-hydrogen) atoms. The largest absolute Gasteiger partial charge is 0.449 e. The third-order valence-corrected chi connectivity index (χ3v) is 2.53. The molecule has 4 nitrogen and oxygen atoms in total. The molecule has 0 fully saturated rings. The van der Waals surface area contributed by atoms with E-state index in [1.807, 2.05) is 19.1 Å². The maximum atomic E-state index is 11.5. The summed E-state index contributed by atoms with van der Waals surface area (Å²) in [5.41, 5.74) is 7.27. The van der Waals surface area contributed by atoms with Gasteiger partial charge < -0.3 is 10.1 Å². The normalized spacial score (nSPS) is 16.5. The lowest BCUT2D eigenvalue weighted by atomic mass is 10.3. The highest BCUT2D eigenvalue weighted by Crippen LogP contribution is 2.13. The van der Waals surface area contributed by atoms with Gasteiger partial charge in [-0.05, 0) is 36.8 Å². The van der Waals surface area contributed by atoms with Crippen LogP contribution in [0, 0.1) is 0 Å². The van der Waals surface area contributed by atoms with Crippen molar-refractivity contribution in [2.24, 2.45) is 4.99 Å². The third-order valence-electron chi connectivity index (χ3n) is 2.53. The van der Waals surface area contributed by atoms with E-state index >= 15 is 0 Å². The fourth-order valence-electron chi connectivity index (χ4n) is 1.49. The van der Waals surface area contributed by atoms with Gasteiger partial charge in [0, 0.05) is 25.4 Å². The number of ether oxygens (including phenoxy) is 1. The highest BCUT2D eigenvalue weighted by molar-refractivity contribution is 6.43. The molecule has 1 heterocycles. The van der Waals surface area contributed by atoms with Gasteiger partial charge in [0.05, 0.1) is 0 Å². The van der Waals surface area contributed by atoms with Gasteiger partial charge in [-0.15, -0.1) is 5.73 Å². The molecule has 2 aliphatic rings. The number of amides is 1. The lowest BCUT2D eigenvalue weighted by molar-refractivity contribution is -0.114. The van der Waals surface area contributed by atoms with Crippen molar-refractivity contribution in [1.82, 2.24) is 5.32 Å². The summed E-state index contributed by atoms with van der Waals surface area (Å²) in [6.07, 6.45) is 12.0. The molecule has 100 valence electrons. The molecule has 0 atom stereocenters. The lowest BCUT2D eigenvalue weighted by Gasteiger charge is -2.03. The number of rotatable bonds is 3. The van der Waals surface area contributed by atoms with Crippen molar-refractivity contribution in [2.45, 2.75) is 6.92 Å². The Balaban J connectivity index is 2.15. The van der Waals surface area contributed by atoms with Gasteiger partial charge in [-0.2, -0.15) is 0 Å². The number of carbonyl (C=O) groups is 1. The van der Waals surface area contributed by atoms with E-state index in [9.17, 15) is 4.79 Å². The Kier molecular flexibility index (Phi) is 4.35. The van der Waals surface area contributed by atoms with Crippen molar-refractivity contribution in [1.29, 1.82) is 0 Å². The molecule has 1 N–H and O–H groups in total. The zero-order chi connectivity index (χ0) is 14.4. The first-order valence-electron chi connectivity index (χ1n) is 6.11. The van der Waals surface area contributed by atoms with E-state index in [1.165, 1.54) is 12.3 Å². The molecule has 0 radical (unpaired) electrons. The van der Waals surface area contributed by atoms with Gasteiger partial charge >= 0.3 is 0 Å². The zero-order valence-corrected chi connectivity index (χ0v) is 11.3. The smallest absolute Gasteiger partial charge is 0.270 e. The summed E-state index contributed by atoms with van der Waals surface area (Å²) in [6.45, 7) is 1.96. The Bertz CT molecular complexity index is 675. The Morgan fingerprint density at radius 1 is 1.30 bits per heavy atom. The second-order valence-corrected chi connectivity index (χ2v) is 4.06. The summed E-state index contributed by atoms with van der Waals surface area (Å²) in [5, 5.41) is 2.51. The molecule has 0 saturated heterocycles. The van der Waals surface area contributed by atoms with E-state index in [2.05, 4.69) is 21.8 Å². The minimum absolute atomic E-state index is 0.264. The van der Waals surface area contributed by atoms with Crippen LogP contribution < -0.4 is 5.32 Å². The summed E-state index contributed by atoms with van der Waals surface area (Å²) in [7, 11) is 1.55. The number of allylic oxidation sites excluding steroid dienone is 4. The van der Waals surface area contributed by atoms with Crippen molar-refractivity contribution in [2.75, 3.05) is 7.05 Å². The third kappa shape index (κ3) is 3.59. The van der Waals surface area contributed by atoms with Gasteiger partial charge in [-0.1, -0.05) is 5.73 Å². The Morgan fingerprint density at radius 2 is 2.15 bits per heavy atom. The molecule has 0 unspecified atom stereocenters. The van der Waals surface area contributed by atoms with Gasteiger partial charge in [0.2, 0.25) is 0 Å². The maximum Gasteiger partial charge on any atom is 0.270 e. The van der Waals surface area contributed by atoms with E-state index in [-0.39, 0.29) is 11.6 Å². The number of hydrogen-bond donors (Lipinski definition) is 1. The molecule has 0 aromatic heterocycles. The minimum atomic E-state index is -0.264. The van der Waals surface area contributed by atoms with Crippen LogP contribution in [-0.4, -0.2) is 18.7 Å². The fourth-order valence-corrected chi connectivity index (χ4v) is 1.49. The van der Waals surface area contributed by atoms with Crippen LogP contribution >= 0.6 is 0 Å². The van der Waals surface area contributed by atoms with Crippen LogP contribution in [0.25, 0.3) is 0 Å². The lowest BCUT2D eigenvalue weighted by Crippen LogP contribution is -2.25. The number of nitrogens with zero attached hydrogens (tertiary/aromatic N) is 1. The first-order valence-corrected chi connectivity index (χ1v) is 6.11. The van der Waals surface area contributed by atoms with Gasteiger partial charge in [-0.25, -0.2) is 0 Å². The van der Waals surface area contributed by atoms with E-state index < -0.39 is 0 Å². The van der Waals surface area contributed by atoms with Crippen LogP contribution in [0.15, 0.2) is 76.2 Å². The van der Waals surface area contributed by atoms with Gasteiger partial charge in [0.1, 0.15) is 11.5 Å². The SMILES string of the molecule is CNC(=O)C1=NC=CC(OC2=CC=C=C(C)C=C2)=C=C1. The zero-order valence-electron chi connectivity index (χ0n) is 11.3. The topological polar surface area (TPSA) is 50.7 Å². The molecule has 0 spiro atoms. The highest BCUT2D eigenvalue weighted by atomic mass is 16.5. The fraction of sp³-hybridized carbons (Fsp3) is 0.125. The number of nitrogens with one attached hydrogen (secondary N) is 1. The summed E-state index contributed by atoms with van der Waals surface area (Å²) in [4.78, 5) is 15.5. The predicted molar refractivity (Wildman–Crippen MR) is 77.8 cm³/mol. The molecule has 1 aliphatic heterocycles. The molecular formula is C16H14N2O2. The monoisotopic (exact) mass is 266 g/mol. The quantitative estimate of drug-likeness (QED) is 0.797. The van der Waals surface area contributed by atoms with Crippen LogP contribution in [0.1, 0.15) is 6.92 Å². The summed E-state index contributed by atoms with van der Waals surface area (Å²) in [6, 6.07) is 0. The molecule has 0 saturated carbocycles. The van der Waals surface area contributed by atoms with Gasteiger partial charge in [0.25, 0.3) is 5.91 Å². The van der Waals surface area contributed by atoms with Crippen molar-refractivity contribution in [3.8, 4) is 0 Å². The standard InChI is InChI=1S/C16H14N2O2/c1-12-4-3-5-13(7-6-12)20-14-8-9-15(16(19)17-2)18-11-10-14/h3,5-7,9-11H,1-2H3,(H,17,19). The van der Waals surface area contributed by atoms with Crippen LogP contribution in [0.3, 0.4) is 0 Å². The summed E-state index contributed by atoms with van der Waals surface area (Å²) < 4.78 is 5.67. The molecule has 1 aliphatic carbocycles. The first-order chi connectivity index (χ1) is 9.69. The van der Waals surface area contributed by atoms with Crippen LogP contribution in [0.2, 0.25) is 0 Å². The Morgan fingerprint density at radius 3 is 2.95 bits per heavy atom. The Hall–Kier alpha value is -2.80. The van der Waals surface area contributed by atoms with Crippen molar-refractivity contribution in [3.63, 3.8) is 0 Å². The van der Waals surface area contributed by atoms with Gasteiger partial charge in [-0.3, -0.25) is 9.79 Å². The summed E-state index contributed by atoms with van der Waals surface area (Å²) >= 11 is 0. The Labute approximate surface area is 117 Å². The average Bonchev–Trinajstić information content (AvgIpc) is 2.80. The number of aliphatic imine (C=N–C) groups is 1. The van der Waals surface area contributed by atoms with Crippen molar-refractivity contribution in [3.05, 3.63) is 71.2 Å². The van der Waals surface area contributed by atoms with Gasteiger partial charge in [0.15, 0.2) is 5.76 Å². The van der Waals surface area contributed by atoms with E-state index in [0.29, 0.717) is 11.5 Å². The molecule has 0 bridgehead atoms. The minimum Gasteiger partial charge on any atom is -0.449 e. The van der Waals surface area contributed by atoms with E-state index in [1.54, 1.807) is 25.3 Å². The van der Waals surface area contributed by atoms with E-state index in [0.717, 1.165) is 5.57 Å². The van der Waals surface area contributed by atoms with Crippen molar-refractivity contribution >= 4 is 11.6 Å². The van der Waals surface area contributed by atoms with Crippen LogP contribution in [0.5, 0.6) is 0 Å². The second-order valence-electron chi connectivity index (χ2n) is 4.06. The molecule has 2 rings (SSSR count). The highest BCUT2D eigenvalue weighted by Gasteiger charge is 2.06. The maximum absolute atomic E-state index is 11.5. The average molecular weight is 266 g/mol. The van der Waals surface area contributed by atoms with E-state index in [4.69, 9.17) is 4.74 Å². The summed E-state index contributed by atoms with van der Waals surface area (Å²) in [5.74, 6) is 0.884. The molecule has 0 aromatic carbocycles. The molecular weight excluding hydrogens is 252 g/mol. The second kappa shape index (κ2) is 6.39. The molecule has 1 amide bonds. The van der Waals surface area contributed by atoms with Crippen molar-refractivity contribution < 1.29 is 9.53 Å². The predicted octanol–water partition coefficient (Wildman–Crippen LogP) is 2.31. The number of hydrogen-bond acceptors (Lipinski definition) is 3. The van der Waals surface area contributed by atoms with Crippen LogP contribution in [-0.2, 0) is 9.53 Å². The molecule has 4 heteroatoms. The first kappa shape index (κ1) is 13.6. The number of carbonyl (C=O) groups excluding carboxylic acids is 1.